The Hall–Kier alpha value is -0.570. The summed E-state index contributed by atoms with van der Waals surface area (Å²) >= 11 is 0. The molecule has 3 heteroatoms. The van der Waals surface area contributed by atoms with E-state index < -0.39 is 5.97 Å². The average Bonchev–Trinajstić information content (AvgIpc) is 2.29. The zero-order chi connectivity index (χ0) is 13.8. The van der Waals surface area contributed by atoms with Crippen LogP contribution in [0.4, 0.5) is 0 Å². The highest BCUT2D eigenvalue weighted by Gasteiger charge is 2.45. The molecule has 0 aromatic heterocycles. The van der Waals surface area contributed by atoms with Crippen molar-refractivity contribution in [3.63, 3.8) is 0 Å². The van der Waals surface area contributed by atoms with E-state index in [4.69, 9.17) is 0 Å². The van der Waals surface area contributed by atoms with Crippen LogP contribution in [0.3, 0.4) is 0 Å². The normalized spacial score (nSPS) is 31.2. The SMILES string of the molecule is CCCCCNC1CCC(C(=O)O)C(C)(C)C1C. The van der Waals surface area contributed by atoms with E-state index in [1.54, 1.807) is 0 Å². The minimum atomic E-state index is -0.628. The van der Waals surface area contributed by atoms with Gasteiger partial charge in [-0.15, -0.1) is 0 Å². The summed E-state index contributed by atoms with van der Waals surface area (Å²) in [6.07, 6.45) is 5.54. The molecule has 1 rings (SSSR count). The second-order valence-electron chi connectivity index (χ2n) is 6.35. The highest BCUT2D eigenvalue weighted by atomic mass is 16.4. The van der Waals surface area contributed by atoms with E-state index in [2.05, 4.69) is 33.0 Å². The summed E-state index contributed by atoms with van der Waals surface area (Å²) in [6.45, 7) is 9.69. The Morgan fingerprint density at radius 2 is 2.00 bits per heavy atom. The van der Waals surface area contributed by atoms with E-state index in [9.17, 15) is 9.90 Å². The maximum absolute atomic E-state index is 11.3. The molecule has 1 fully saturated rings. The lowest BCUT2D eigenvalue weighted by Crippen LogP contribution is -2.51. The molecule has 0 spiro atoms. The van der Waals surface area contributed by atoms with Gasteiger partial charge in [-0.1, -0.05) is 40.5 Å². The summed E-state index contributed by atoms with van der Waals surface area (Å²) < 4.78 is 0. The van der Waals surface area contributed by atoms with E-state index in [1.165, 1.54) is 19.3 Å². The number of carbonyl (C=O) groups is 1. The third-order valence-corrected chi connectivity index (χ3v) is 4.93. The van der Waals surface area contributed by atoms with Gasteiger partial charge in [-0.3, -0.25) is 4.79 Å². The fraction of sp³-hybridized carbons (Fsp3) is 0.933. The first-order valence-electron chi connectivity index (χ1n) is 7.37. The summed E-state index contributed by atoms with van der Waals surface area (Å²) in [4.78, 5) is 11.3. The van der Waals surface area contributed by atoms with Crippen molar-refractivity contribution in [3.05, 3.63) is 0 Å². The first-order valence-corrected chi connectivity index (χ1v) is 7.37. The molecule has 1 aliphatic carbocycles. The lowest BCUT2D eigenvalue weighted by atomic mass is 9.61. The summed E-state index contributed by atoms with van der Waals surface area (Å²) in [7, 11) is 0. The molecular formula is C15H29NO2. The van der Waals surface area contributed by atoms with Gasteiger partial charge in [-0.25, -0.2) is 0 Å². The van der Waals surface area contributed by atoms with Gasteiger partial charge in [0.2, 0.25) is 0 Å². The van der Waals surface area contributed by atoms with Crippen LogP contribution < -0.4 is 5.32 Å². The Labute approximate surface area is 111 Å². The van der Waals surface area contributed by atoms with Crippen LogP contribution in [-0.4, -0.2) is 23.7 Å². The molecule has 3 unspecified atom stereocenters. The highest BCUT2D eigenvalue weighted by Crippen LogP contribution is 2.45. The Kier molecular flexibility index (Phi) is 5.64. The maximum Gasteiger partial charge on any atom is 0.307 e. The number of rotatable bonds is 6. The van der Waals surface area contributed by atoms with E-state index in [1.807, 2.05) is 0 Å². The van der Waals surface area contributed by atoms with Crippen molar-refractivity contribution in [2.24, 2.45) is 17.3 Å². The quantitative estimate of drug-likeness (QED) is 0.716. The predicted molar refractivity (Wildman–Crippen MR) is 74.6 cm³/mol. The molecule has 18 heavy (non-hydrogen) atoms. The number of aliphatic carboxylic acids is 1. The summed E-state index contributed by atoms with van der Waals surface area (Å²) in [6, 6.07) is 0.479. The Morgan fingerprint density at radius 3 is 2.56 bits per heavy atom. The van der Waals surface area contributed by atoms with Crippen molar-refractivity contribution in [2.45, 2.75) is 65.8 Å². The topological polar surface area (TPSA) is 49.3 Å². The molecule has 1 aliphatic rings. The van der Waals surface area contributed by atoms with Crippen LogP contribution in [0.2, 0.25) is 0 Å². The van der Waals surface area contributed by atoms with E-state index >= 15 is 0 Å². The van der Waals surface area contributed by atoms with Crippen LogP contribution in [0.1, 0.15) is 59.8 Å². The van der Waals surface area contributed by atoms with Gasteiger partial charge in [0.1, 0.15) is 0 Å². The molecular weight excluding hydrogens is 226 g/mol. The second-order valence-corrected chi connectivity index (χ2v) is 6.35. The van der Waals surface area contributed by atoms with Crippen molar-refractivity contribution in [3.8, 4) is 0 Å². The lowest BCUT2D eigenvalue weighted by molar-refractivity contribution is -0.150. The number of carboxylic acid groups (broad SMARTS) is 1. The first-order chi connectivity index (χ1) is 8.41. The molecule has 0 heterocycles. The number of hydrogen-bond donors (Lipinski definition) is 2. The maximum atomic E-state index is 11.3. The van der Waals surface area contributed by atoms with Crippen molar-refractivity contribution in [1.29, 1.82) is 0 Å². The standard InChI is InChI=1S/C15H29NO2/c1-5-6-7-10-16-13-9-8-12(14(17)18)15(3,4)11(13)2/h11-13,16H,5-10H2,1-4H3,(H,17,18). The number of carboxylic acids is 1. The molecule has 1 saturated carbocycles. The molecule has 0 saturated heterocycles. The van der Waals surface area contributed by atoms with Gasteiger partial charge < -0.3 is 10.4 Å². The zero-order valence-corrected chi connectivity index (χ0v) is 12.3. The average molecular weight is 255 g/mol. The van der Waals surface area contributed by atoms with Crippen LogP contribution in [0, 0.1) is 17.3 Å². The zero-order valence-electron chi connectivity index (χ0n) is 12.3. The van der Waals surface area contributed by atoms with E-state index in [-0.39, 0.29) is 11.3 Å². The fourth-order valence-electron chi connectivity index (χ4n) is 3.19. The van der Waals surface area contributed by atoms with Crippen molar-refractivity contribution in [2.75, 3.05) is 6.54 Å². The second kappa shape index (κ2) is 6.55. The number of unbranched alkanes of at least 4 members (excludes halogenated alkanes) is 2. The molecule has 2 N–H and O–H groups in total. The van der Waals surface area contributed by atoms with Crippen LogP contribution in [0.5, 0.6) is 0 Å². The minimum Gasteiger partial charge on any atom is -0.481 e. The third kappa shape index (κ3) is 3.47. The Bertz CT molecular complexity index is 276. The number of hydrogen-bond acceptors (Lipinski definition) is 2. The van der Waals surface area contributed by atoms with Crippen molar-refractivity contribution >= 4 is 5.97 Å². The molecule has 0 aromatic carbocycles. The van der Waals surface area contributed by atoms with Crippen LogP contribution >= 0.6 is 0 Å². The van der Waals surface area contributed by atoms with Gasteiger partial charge in [-0.2, -0.15) is 0 Å². The third-order valence-electron chi connectivity index (χ3n) is 4.93. The summed E-state index contributed by atoms with van der Waals surface area (Å²) in [5.74, 6) is -0.411. The van der Waals surface area contributed by atoms with Gasteiger partial charge >= 0.3 is 5.97 Å². The first kappa shape index (κ1) is 15.5. The van der Waals surface area contributed by atoms with E-state index in [0.29, 0.717) is 12.0 Å². The van der Waals surface area contributed by atoms with Crippen LogP contribution in [-0.2, 0) is 4.79 Å². The van der Waals surface area contributed by atoms with Gasteiger partial charge in [0, 0.05) is 6.04 Å². The Morgan fingerprint density at radius 1 is 1.33 bits per heavy atom. The molecule has 0 aromatic rings. The van der Waals surface area contributed by atoms with Gasteiger partial charge in [0.25, 0.3) is 0 Å². The number of nitrogens with one attached hydrogen (secondary N) is 1. The van der Waals surface area contributed by atoms with Crippen molar-refractivity contribution in [1.82, 2.24) is 5.32 Å². The summed E-state index contributed by atoms with van der Waals surface area (Å²) in [5.41, 5.74) is -0.119. The molecule has 106 valence electrons. The van der Waals surface area contributed by atoms with Gasteiger partial charge in [-0.05, 0) is 37.1 Å². The summed E-state index contributed by atoms with van der Waals surface area (Å²) in [5, 5.41) is 12.9. The molecule has 3 nitrogen and oxygen atoms in total. The van der Waals surface area contributed by atoms with Gasteiger partial charge in [0.15, 0.2) is 0 Å². The molecule has 0 bridgehead atoms. The van der Waals surface area contributed by atoms with Crippen molar-refractivity contribution < 1.29 is 9.90 Å². The van der Waals surface area contributed by atoms with Crippen LogP contribution in [0.25, 0.3) is 0 Å². The molecule has 0 radical (unpaired) electrons. The lowest BCUT2D eigenvalue weighted by Gasteiger charge is -2.46. The fourth-order valence-corrected chi connectivity index (χ4v) is 3.19. The largest absolute Gasteiger partial charge is 0.481 e. The van der Waals surface area contributed by atoms with Crippen LogP contribution in [0.15, 0.2) is 0 Å². The van der Waals surface area contributed by atoms with Gasteiger partial charge in [0.05, 0.1) is 5.92 Å². The minimum absolute atomic E-state index is 0.119. The van der Waals surface area contributed by atoms with E-state index in [0.717, 1.165) is 19.4 Å². The molecule has 0 amide bonds. The molecule has 0 aliphatic heterocycles. The highest BCUT2D eigenvalue weighted by molar-refractivity contribution is 5.71. The Balaban J connectivity index is 2.52. The monoisotopic (exact) mass is 255 g/mol. The smallest absolute Gasteiger partial charge is 0.307 e. The predicted octanol–water partition coefficient (Wildman–Crippen LogP) is 3.29. The molecule has 3 atom stereocenters.